The number of guanidine groups is 1. The van der Waals surface area contributed by atoms with E-state index in [9.17, 15) is 0 Å². The fraction of sp³-hybridized carbons (Fsp3) is 0.708. The molecule has 2 aliphatic heterocycles. The Kier molecular flexibility index (Phi) is 8.97. The molecular formula is C24H40N4O2. The van der Waals surface area contributed by atoms with Gasteiger partial charge in [-0.05, 0) is 63.7 Å². The van der Waals surface area contributed by atoms with Crippen LogP contribution in [0.25, 0.3) is 0 Å². The highest BCUT2D eigenvalue weighted by Crippen LogP contribution is 2.19. The van der Waals surface area contributed by atoms with Crippen LogP contribution in [-0.4, -0.2) is 62.4 Å². The Balaban J connectivity index is 1.39. The molecule has 6 nitrogen and oxygen atoms in total. The Morgan fingerprint density at radius 1 is 1.07 bits per heavy atom. The van der Waals surface area contributed by atoms with Crippen molar-refractivity contribution in [2.24, 2.45) is 4.99 Å². The zero-order valence-electron chi connectivity index (χ0n) is 19.1. The molecule has 2 heterocycles. The zero-order valence-corrected chi connectivity index (χ0v) is 19.1. The van der Waals surface area contributed by atoms with E-state index in [0.29, 0.717) is 12.7 Å². The number of ether oxygens (including phenoxy) is 2. The van der Waals surface area contributed by atoms with Crippen LogP contribution in [0.5, 0.6) is 0 Å². The van der Waals surface area contributed by atoms with Crippen LogP contribution < -0.4 is 10.6 Å². The molecule has 2 saturated heterocycles. The lowest BCUT2D eigenvalue weighted by Gasteiger charge is -2.41. The van der Waals surface area contributed by atoms with Crippen molar-refractivity contribution in [1.82, 2.24) is 15.5 Å². The van der Waals surface area contributed by atoms with Crippen molar-refractivity contribution >= 4 is 5.96 Å². The molecule has 1 aromatic rings. The van der Waals surface area contributed by atoms with Crippen LogP contribution in [0, 0.1) is 0 Å². The summed E-state index contributed by atoms with van der Waals surface area (Å²) in [4.78, 5) is 6.99. The fourth-order valence-electron chi connectivity index (χ4n) is 4.13. The number of nitrogens with zero attached hydrogens (tertiary/aromatic N) is 2. The summed E-state index contributed by atoms with van der Waals surface area (Å²) in [7, 11) is 1.83. The van der Waals surface area contributed by atoms with Crippen LogP contribution in [0.2, 0.25) is 0 Å². The van der Waals surface area contributed by atoms with Gasteiger partial charge in [0.05, 0.1) is 12.7 Å². The van der Waals surface area contributed by atoms with E-state index < -0.39 is 0 Å². The number of hydrogen-bond acceptors (Lipinski definition) is 4. The van der Waals surface area contributed by atoms with Gasteiger partial charge in [0.15, 0.2) is 5.96 Å². The van der Waals surface area contributed by atoms with Crippen molar-refractivity contribution < 1.29 is 9.47 Å². The minimum atomic E-state index is 0.129. The molecular weight excluding hydrogens is 376 g/mol. The SMILES string of the molecule is CN=C(NCc1ccc(COC2CCOCC2)cc1)NCC(C)(C)N1CCCCC1. The average Bonchev–Trinajstić information content (AvgIpc) is 2.80. The van der Waals surface area contributed by atoms with Crippen molar-refractivity contribution in [2.45, 2.75) is 70.7 Å². The van der Waals surface area contributed by atoms with E-state index in [1.165, 1.54) is 43.5 Å². The molecule has 0 aliphatic carbocycles. The van der Waals surface area contributed by atoms with Gasteiger partial charge in [-0.1, -0.05) is 30.7 Å². The molecule has 6 heteroatoms. The van der Waals surface area contributed by atoms with E-state index in [2.05, 4.69) is 58.6 Å². The number of likely N-dealkylation sites (tertiary alicyclic amines) is 1. The molecule has 0 amide bonds. The first-order valence-electron chi connectivity index (χ1n) is 11.5. The van der Waals surface area contributed by atoms with Gasteiger partial charge in [0.1, 0.15) is 0 Å². The third kappa shape index (κ3) is 7.25. The number of aliphatic imine (C=N–C) groups is 1. The first-order valence-corrected chi connectivity index (χ1v) is 11.5. The van der Waals surface area contributed by atoms with Crippen LogP contribution in [0.15, 0.2) is 29.3 Å². The van der Waals surface area contributed by atoms with Gasteiger partial charge in [-0.15, -0.1) is 0 Å². The van der Waals surface area contributed by atoms with Gasteiger partial charge in [-0.25, -0.2) is 0 Å². The summed E-state index contributed by atoms with van der Waals surface area (Å²) in [5, 5.41) is 6.95. The van der Waals surface area contributed by atoms with Crippen LogP contribution in [0.3, 0.4) is 0 Å². The minimum absolute atomic E-state index is 0.129. The summed E-state index contributed by atoms with van der Waals surface area (Å²) >= 11 is 0. The lowest BCUT2D eigenvalue weighted by Crippen LogP contribution is -2.54. The number of nitrogens with one attached hydrogen (secondary N) is 2. The molecule has 0 radical (unpaired) electrons. The molecule has 0 aromatic heterocycles. The molecule has 0 spiro atoms. The monoisotopic (exact) mass is 416 g/mol. The Morgan fingerprint density at radius 3 is 2.40 bits per heavy atom. The molecule has 0 unspecified atom stereocenters. The number of hydrogen-bond donors (Lipinski definition) is 2. The van der Waals surface area contributed by atoms with Gasteiger partial charge in [-0.3, -0.25) is 9.89 Å². The van der Waals surface area contributed by atoms with Crippen molar-refractivity contribution in [3.8, 4) is 0 Å². The summed E-state index contributed by atoms with van der Waals surface area (Å²) in [5.74, 6) is 0.854. The molecule has 0 saturated carbocycles. The summed E-state index contributed by atoms with van der Waals surface area (Å²) < 4.78 is 11.4. The summed E-state index contributed by atoms with van der Waals surface area (Å²) in [5.41, 5.74) is 2.59. The zero-order chi connectivity index (χ0) is 21.2. The van der Waals surface area contributed by atoms with E-state index in [1.54, 1.807) is 0 Å². The van der Waals surface area contributed by atoms with E-state index in [4.69, 9.17) is 9.47 Å². The highest BCUT2D eigenvalue weighted by atomic mass is 16.5. The quantitative estimate of drug-likeness (QED) is 0.503. The molecule has 0 atom stereocenters. The number of piperidine rings is 1. The lowest BCUT2D eigenvalue weighted by atomic mass is 9.98. The predicted octanol–water partition coefficient (Wildman–Crippen LogP) is 3.31. The van der Waals surface area contributed by atoms with Crippen LogP contribution >= 0.6 is 0 Å². The maximum atomic E-state index is 6.01. The summed E-state index contributed by atoms with van der Waals surface area (Å²) in [6.45, 7) is 11.0. The van der Waals surface area contributed by atoms with E-state index in [1.807, 2.05) is 7.05 Å². The summed E-state index contributed by atoms with van der Waals surface area (Å²) in [6, 6.07) is 8.65. The second-order valence-corrected chi connectivity index (χ2v) is 9.08. The first-order chi connectivity index (χ1) is 14.6. The van der Waals surface area contributed by atoms with Gasteiger partial charge >= 0.3 is 0 Å². The average molecular weight is 417 g/mol. The molecule has 168 valence electrons. The fourth-order valence-corrected chi connectivity index (χ4v) is 4.13. The third-order valence-electron chi connectivity index (χ3n) is 6.26. The molecule has 1 aromatic carbocycles. The molecule has 2 aliphatic rings. The third-order valence-corrected chi connectivity index (χ3v) is 6.26. The van der Waals surface area contributed by atoms with E-state index >= 15 is 0 Å². The van der Waals surface area contributed by atoms with Gasteiger partial charge in [-0.2, -0.15) is 0 Å². The predicted molar refractivity (Wildman–Crippen MR) is 123 cm³/mol. The molecule has 2 fully saturated rings. The van der Waals surface area contributed by atoms with Crippen molar-refractivity contribution in [3.05, 3.63) is 35.4 Å². The Hall–Kier alpha value is -1.63. The van der Waals surface area contributed by atoms with Crippen molar-refractivity contribution in [2.75, 3.05) is 39.9 Å². The Morgan fingerprint density at radius 2 is 1.73 bits per heavy atom. The number of rotatable bonds is 8. The standard InChI is InChI=1S/C24H40N4O2/c1-24(2,28-13-5-4-6-14-28)19-27-23(25-3)26-17-20-7-9-21(10-8-20)18-30-22-11-15-29-16-12-22/h7-10,22H,4-6,11-19H2,1-3H3,(H2,25,26,27). The minimum Gasteiger partial charge on any atom is -0.381 e. The summed E-state index contributed by atoms with van der Waals surface area (Å²) in [6.07, 6.45) is 6.33. The van der Waals surface area contributed by atoms with Gasteiger partial charge < -0.3 is 20.1 Å². The first kappa shape index (κ1) is 23.0. The second-order valence-electron chi connectivity index (χ2n) is 9.08. The molecule has 30 heavy (non-hydrogen) atoms. The highest BCUT2D eigenvalue weighted by molar-refractivity contribution is 5.79. The van der Waals surface area contributed by atoms with Crippen molar-refractivity contribution in [3.63, 3.8) is 0 Å². The molecule has 3 rings (SSSR count). The van der Waals surface area contributed by atoms with Gasteiger partial charge in [0, 0.05) is 38.9 Å². The smallest absolute Gasteiger partial charge is 0.191 e. The largest absolute Gasteiger partial charge is 0.381 e. The highest BCUT2D eigenvalue weighted by Gasteiger charge is 2.27. The molecule has 2 N–H and O–H groups in total. The second kappa shape index (κ2) is 11.7. The normalized spacial score (nSPS) is 19.6. The van der Waals surface area contributed by atoms with Crippen LogP contribution in [0.1, 0.15) is 57.1 Å². The van der Waals surface area contributed by atoms with E-state index in [0.717, 1.165) is 45.1 Å². The van der Waals surface area contributed by atoms with Crippen molar-refractivity contribution in [1.29, 1.82) is 0 Å². The van der Waals surface area contributed by atoms with Gasteiger partial charge in [0.2, 0.25) is 0 Å². The maximum Gasteiger partial charge on any atom is 0.191 e. The maximum absolute atomic E-state index is 6.01. The van der Waals surface area contributed by atoms with Crippen LogP contribution in [0.4, 0.5) is 0 Å². The van der Waals surface area contributed by atoms with Crippen LogP contribution in [-0.2, 0) is 22.6 Å². The lowest BCUT2D eigenvalue weighted by molar-refractivity contribution is -0.0390. The van der Waals surface area contributed by atoms with E-state index in [-0.39, 0.29) is 5.54 Å². The Labute approximate surface area is 182 Å². The Bertz CT molecular complexity index is 648. The number of benzene rings is 1. The molecule has 0 bridgehead atoms. The van der Waals surface area contributed by atoms with Gasteiger partial charge in [0.25, 0.3) is 0 Å². The topological polar surface area (TPSA) is 58.1 Å².